The molecule has 1 amide bonds. The Bertz CT molecular complexity index is 984. The molecule has 9 heteroatoms. The Kier molecular flexibility index (Phi) is 5.89. The van der Waals surface area contributed by atoms with Crippen LogP contribution in [-0.2, 0) is 0 Å². The molecule has 1 N–H and O–H groups in total. The highest BCUT2D eigenvalue weighted by Crippen LogP contribution is 2.26. The van der Waals surface area contributed by atoms with E-state index in [9.17, 15) is 9.59 Å². The van der Waals surface area contributed by atoms with Crippen LogP contribution in [0.3, 0.4) is 0 Å². The Balaban J connectivity index is 1.79. The first-order valence-electron chi connectivity index (χ1n) is 8.00. The molecule has 0 fully saturated rings. The summed E-state index contributed by atoms with van der Waals surface area (Å²) >= 11 is 2.88. The molecule has 0 spiro atoms. The van der Waals surface area contributed by atoms with Gasteiger partial charge >= 0.3 is 5.63 Å². The van der Waals surface area contributed by atoms with Crippen LogP contribution in [-0.4, -0.2) is 29.0 Å². The number of amides is 1. The average Bonchev–Trinajstić information content (AvgIpc) is 3.08. The lowest BCUT2D eigenvalue weighted by Crippen LogP contribution is -2.20. The molecule has 0 atom stereocenters. The molecule has 0 unspecified atom stereocenters. The molecule has 0 aliphatic rings. The molecule has 2 heterocycles. The standard InChI is InChI=1S/C17H17N3O4S2/c1-3-4-7-25-17-20-19-16(26-17)18-14(21)12-9-10-8-11(23-2)5-6-13(10)24-15(12)22/h5-6,8-9H,3-4,7H2,1-2H3,(H,18,19,21). The maximum atomic E-state index is 12.4. The van der Waals surface area contributed by atoms with E-state index in [-0.39, 0.29) is 5.56 Å². The van der Waals surface area contributed by atoms with Gasteiger partial charge in [0.2, 0.25) is 5.13 Å². The molecule has 0 bridgehead atoms. The van der Waals surface area contributed by atoms with Crippen LogP contribution in [0.15, 0.2) is 37.8 Å². The monoisotopic (exact) mass is 391 g/mol. The third kappa shape index (κ3) is 4.23. The zero-order valence-electron chi connectivity index (χ0n) is 14.3. The van der Waals surface area contributed by atoms with Gasteiger partial charge in [-0.1, -0.05) is 36.4 Å². The molecule has 1 aromatic carbocycles. The van der Waals surface area contributed by atoms with Crippen LogP contribution in [0.2, 0.25) is 0 Å². The summed E-state index contributed by atoms with van der Waals surface area (Å²) in [5.74, 6) is 0.982. The van der Waals surface area contributed by atoms with Crippen LogP contribution in [0.5, 0.6) is 5.75 Å². The van der Waals surface area contributed by atoms with Crippen LogP contribution in [0.4, 0.5) is 5.13 Å². The predicted molar refractivity (Wildman–Crippen MR) is 103 cm³/mol. The predicted octanol–water partition coefficient (Wildman–Crippen LogP) is 3.80. The highest BCUT2D eigenvalue weighted by Gasteiger charge is 2.16. The molecule has 7 nitrogen and oxygen atoms in total. The largest absolute Gasteiger partial charge is 0.497 e. The van der Waals surface area contributed by atoms with E-state index in [1.807, 2.05) is 0 Å². The van der Waals surface area contributed by atoms with Gasteiger partial charge in [-0.05, 0) is 30.7 Å². The van der Waals surface area contributed by atoms with E-state index in [0.29, 0.717) is 21.9 Å². The number of hydrogen-bond acceptors (Lipinski definition) is 8. The molecule has 0 saturated heterocycles. The minimum atomic E-state index is -0.706. The first-order chi connectivity index (χ1) is 12.6. The van der Waals surface area contributed by atoms with Gasteiger partial charge in [-0.25, -0.2) is 4.79 Å². The first-order valence-corrected chi connectivity index (χ1v) is 9.80. The van der Waals surface area contributed by atoms with Gasteiger partial charge in [0.05, 0.1) is 7.11 Å². The van der Waals surface area contributed by atoms with Crippen molar-refractivity contribution in [2.24, 2.45) is 0 Å². The summed E-state index contributed by atoms with van der Waals surface area (Å²) in [6.07, 6.45) is 2.20. The molecule has 0 radical (unpaired) electrons. The average molecular weight is 391 g/mol. The summed E-state index contributed by atoms with van der Waals surface area (Å²) in [6.45, 7) is 2.12. The number of nitrogens with zero attached hydrogens (tertiary/aromatic N) is 2. The van der Waals surface area contributed by atoms with Gasteiger partial charge in [0.1, 0.15) is 16.9 Å². The fourth-order valence-electron chi connectivity index (χ4n) is 2.17. The number of anilines is 1. The van der Waals surface area contributed by atoms with Gasteiger partial charge in [0.25, 0.3) is 5.91 Å². The molecule has 136 valence electrons. The van der Waals surface area contributed by atoms with Crippen molar-refractivity contribution in [2.45, 2.75) is 24.1 Å². The SMILES string of the molecule is CCCCSc1nnc(NC(=O)c2cc3cc(OC)ccc3oc2=O)s1. The second kappa shape index (κ2) is 8.33. The van der Waals surface area contributed by atoms with Crippen molar-refractivity contribution in [2.75, 3.05) is 18.2 Å². The summed E-state index contributed by atoms with van der Waals surface area (Å²) in [7, 11) is 1.54. The highest BCUT2D eigenvalue weighted by molar-refractivity contribution is 8.01. The van der Waals surface area contributed by atoms with E-state index in [0.717, 1.165) is 22.9 Å². The van der Waals surface area contributed by atoms with Crippen LogP contribution >= 0.6 is 23.1 Å². The number of methoxy groups -OCH3 is 1. The van der Waals surface area contributed by atoms with Crippen molar-refractivity contribution >= 4 is 45.1 Å². The molecular weight excluding hydrogens is 374 g/mol. The van der Waals surface area contributed by atoms with Gasteiger partial charge in [-0.2, -0.15) is 0 Å². The van der Waals surface area contributed by atoms with E-state index in [4.69, 9.17) is 9.15 Å². The third-order valence-corrected chi connectivity index (χ3v) is 5.59. The number of unbranched alkanes of at least 4 members (excludes halogenated alkanes) is 1. The Morgan fingerprint density at radius 2 is 2.19 bits per heavy atom. The number of fused-ring (bicyclic) bond motifs is 1. The zero-order chi connectivity index (χ0) is 18.5. The van der Waals surface area contributed by atoms with Gasteiger partial charge in [-0.15, -0.1) is 10.2 Å². The number of hydrogen-bond donors (Lipinski definition) is 1. The number of thioether (sulfide) groups is 1. The first kappa shape index (κ1) is 18.4. The van der Waals surface area contributed by atoms with Crippen molar-refractivity contribution in [3.05, 3.63) is 40.2 Å². The minimum Gasteiger partial charge on any atom is -0.497 e. The lowest BCUT2D eigenvalue weighted by atomic mass is 10.1. The highest BCUT2D eigenvalue weighted by atomic mass is 32.2. The fraction of sp³-hybridized carbons (Fsp3) is 0.294. The molecule has 0 aliphatic carbocycles. The van der Waals surface area contributed by atoms with Gasteiger partial charge in [0.15, 0.2) is 4.34 Å². The molecule has 3 rings (SSSR count). The fourth-order valence-corrected chi connectivity index (χ4v) is 4.07. The van der Waals surface area contributed by atoms with Crippen molar-refractivity contribution < 1.29 is 13.9 Å². The van der Waals surface area contributed by atoms with Gasteiger partial charge in [-0.3, -0.25) is 10.1 Å². The maximum Gasteiger partial charge on any atom is 0.349 e. The molecule has 0 aliphatic heterocycles. The van der Waals surface area contributed by atoms with Crippen LogP contribution in [0, 0.1) is 0 Å². The number of carbonyl (C=O) groups is 1. The van der Waals surface area contributed by atoms with Crippen molar-refractivity contribution in [1.82, 2.24) is 10.2 Å². The van der Waals surface area contributed by atoms with Crippen molar-refractivity contribution in [1.29, 1.82) is 0 Å². The Labute approximate surface area is 157 Å². The number of carbonyl (C=O) groups excluding carboxylic acids is 1. The lowest BCUT2D eigenvalue weighted by Gasteiger charge is -2.04. The second-order valence-corrected chi connectivity index (χ2v) is 7.70. The van der Waals surface area contributed by atoms with Gasteiger partial charge in [0, 0.05) is 11.1 Å². The van der Waals surface area contributed by atoms with Crippen LogP contribution < -0.4 is 15.7 Å². The van der Waals surface area contributed by atoms with Crippen LogP contribution in [0.25, 0.3) is 11.0 Å². The van der Waals surface area contributed by atoms with E-state index in [1.165, 1.54) is 17.4 Å². The zero-order valence-corrected chi connectivity index (χ0v) is 15.9. The molecular formula is C17H17N3O4S2. The Morgan fingerprint density at radius 3 is 2.96 bits per heavy atom. The Hall–Kier alpha value is -2.39. The number of rotatable bonds is 7. The van der Waals surface area contributed by atoms with Crippen LogP contribution in [0.1, 0.15) is 30.1 Å². The van der Waals surface area contributed by atoms with E-state index in [1.54, 1.807) is 37.1 Å². The molecule has 2 aromatic heterocycles. The normalized spacial score (nSPS) is 10.8. The van der Waals surface area contributed by atoms with Crippen molar-refractivity contribution in [3.63, 3.8) is 0 Å². The van der Waals surface area contributed by atoms with E-state index >= 15 is 0 Å². The second-order valence-electron chi connectivity index (χ2n) is 5.38. The summed E-state index contributed by atoms with van der Waals surface area (Å²) in [5, 5.41) is 11.5. The number of nitrogens with one attached hydrogen (secondary N) is 1. The quantitative estimate of drug-likeness (QED) is 0.283. The third-order valence-electron chi connectivity index (χ3n) is 3.53. The Morgan fingerprint density at radius 1 is 1.35 bits per heavy atom. The number of benzene rings is 1. The summed E-state index contributed by atoms with van der Waals surface area (Å²) < 4.78 is 11.1. The summed E-state index contributed by atoms with van der Waals surface area (Å²) in [5.41, 5.74) is -0.416. The van der Waals surface area contributed by atoms with Gasteiger partial charge < -0.3 is 9.15 Å². The molecule has 26 heavy (non-hydrogen) atoms. The smallest absolute Gasteiger partial charge is 0.349 e. The molecule has 3 aromatic rings. The summed E-state index contributed by atoms with van der Waals surface area (Å²) in [4.78, 5) is 24.5. The number of ether oxygens (including phenoxy) is 1. The summed E-state index contributed by atoms with van der Waals surface area (Å²) in [6, 6.07) is 6.49. The number of aromatic nitrogens is 2. The maximum absolute atomic E-state index is 12.4. The minimum absolute atomic E-state index is 0.0962. The van der Waals surface area contributed by atoms with E-state index in [2.05, 4.69) is 22.4 Å². The molecule has 0 saturated carbocycles. The van der Waals surface area contributed by atoms with Crippen molar-refractivity contribution in [3.8, 4) is 5.75 Å². The topological polar surface area (TPSA) is 94.3 Å². The van der Waals surface area contributed by atoms with E-state index < -0.39 is 11.5 Å². The lowest BCUT2D eigenvalue weighted by molar-refractivity contribution is 0.102.